The first-order chi connectivity index (χ1) is 13.7. The van der Waals surface area contributed by atoms with Crippen molar-refractivity contribution in [1.82, 2.24) is 4.98 Å². The number of carbonyl (C=O) groups excluding carboxylic acids is 1. The number of non-ortho nitro benzene ring substituents is 1. The van der Waals surface area contributed by atoms with E-state index >= 15 is 0 Å². The molecule has 3 rings (SSSR count). The van der Waals surface area contributed by atoms with E-state index in [4.69, 9.17) is 0 Å². The number of nitrogens with zero attached hydrogens (tertiary/aromatic N) is 3. The van der Waals surface area contributed by atoms with Gasteiger partial charge in [-0.15, -0.1) is 0 Å². The molecule has 0 aliphatic carbocycles. The molecule has 2 aromatic carbocycles. The Morgan fingerprint density at radius 1 is 1.10 bits per heavy atom. The van der Waals surface area contributed by atoms with Crippen molar-refractivity contribution >= 4 is 22.4 Å². The van der Waals surface area contributed by atoms with Crippen LogP contribution in [0.1, 0.15) is 22.3 Å². The van der Waals surface area contributed by atoms with E-state index in [0.29, 0.717) is 0 Å². The molecule has 3 aromatic rings. The van der Waals surface area contributed by atoms with Gasteiger partial charge in [-0.2, -0.15) is 18.4 Å². The molecular weight excluding hydrogens is 387 g/mol. The van der Waals surface area contributed by atoms with Gasteiger partial charge in [0.15, 0.2) is 11.2 Å². The summed E-state index contributed by atoms with van der Waals surface area (Å²) in [4.78, 5) is 26.7. The molecule has 29 heavy (non-hydrogen) atoms. The summed E-state index contributed by atoms with van der Waals surface area (Å²) in [6.45, 7) is 0. The smallest absolute Gasteiger partial charge is 0.294 e. The summed E-state index contributed by atoms with van der Waals surface area (Å²) in [6, 6.07) is 12.4. The van der Waals surface area contributed by atoms with Crippen molar-refractivity contribution in [2.45, 2.75) is 18.0 Å². The Balaban J connectivity index is 2.12. The molecule has 0 aliphatic heterocycles. The van der Waals surface area contributed by atoms with Gasteiger partial charge in [-0.05, 0) is 29.8 Å². The molecule has 0 amide bonds. The third-order valence-corrected chi connectivity index (χ3v) is 4.61. The van der Waals surface area contributed by atoms with Crippen LogP contribution in [0.15, 0.2) is 60.8 Å². The van der Waals surface area contributed by atoms with Crippen LogP contribution in [0.5, 0.6) is 0 Å². The number of nitro benzene ring substituents is 1. The predicted octanol–water partition coefficient (Wildman–Crippen LogP) is 4.74. The van der Waals surface area contributed by atoms with Crippen LogP contribution >= 0.6 is 0 Å². The van der Waals surface area contributed by atoms with Crippen molar-refractivity contribution in [3.8, 4) is 6.07 Å². The fourth-order valence-electron chi connectivity index (χ4n) is 3.10. The molecule has 0 spiro atoms. The minimum Gasteiger partial charge on any atom is -0.294 e. The molecule has 1 heterocycles. The summed E-state index contributed by atoms with van der Waals surface area (Å²) in [6.07, 6.45) is -4.81. The number of fused-ring (bicyclic) bond motifs is 1. The van der Waals surface area contributed by atoms with Gasteiger partial charge in [0, 0.05) is 35.7 Å². The third-order valence-electron chi connectivity index (χ3n) is 4.61. The predicted molar refractivity (Wildman–Crippen MR) is 97.1 cm³/mol. The number of alkyl halides is 3. The second kappa shape index (κ2) is 7.31. The molecule has 1 aromatic heterocycles. The monoisotopic (exact) mass is 399 g/mol. The highest BCUT2D eigenvalue weighted by Gasteiger charge is 2.58. The van der Waals surface area contributed by atoms with Crippen LogP contribution in [-0.2, 0) is 5.41 Å². The average Bonchev–Trinajstić information content (AvgIpc) is 2.70. The van der Waals surface area contributed by atoms with E-state index in [1.54, 1.807) is 0 Å². The van der Waals surface area contributed by atoms with Crippen LogP contribution in [0.4, 0.5) is 18.9 Å². The highest BCUT2D eigenvalue weighted by molar-refractivity contribution is 5.98. The molecule has 0 bridgehead atoms. The summed E-state index contributed by atoms with van der Waals surface area (Å²) < 4.78 is 42.5. The zero-order valence-corrected chi connectivity index (χ0v) is 14.7. The standard InChI is InChI=1S/C20H12F3N3O3/c21-20(22,23)19(12-24,16-4-1-5-17-15(16)3-2-10-25-17)11-18(27)13-6-8-14(9-7-13)26(28)29/h1-10H,11H2. The maximum absolute atomic E-state index is 14.2. The summed E-state index contributed by atoms with van der Waals surface area (Å²) in [5.41, 5.74) is -3.67. The molecular formula is C20H12F3N3O3. The van der Waals surface area contributed by atoms with Crippen LogP contribution in [0.2, 0.25) is 0 Å². The van der Waals surface area contributed by atoms with Crippen LogP contribution in [0.3, 0.4) is 0 Å². The zero-order valence-electron chi connectivity index (χ0n) is 14.7. The van der Waals surface area contributed by atoms with Crippen molar-refractivity contribution in [2.24, 2.45) is 0 Å². The van der Waals surface area contributed by atoms with Gasteiger partial charge in [-0.25, -0.2) is 0 Å². The minimum absolute atomic E-state index is 0.116. The average molecular weight is 399 g/mol. The van der Waals surface area contributed by atoms with E-state index in [1.807, 2.05) is 0 Å². The van der Waals surface area contributed by atoms with E-state index in [9.17, 15) is 33.3 Å². The summed E-state index contributed by atoms with van der Waals surface area (Å²) >= 11 is 0. The van der Waals surface area contributed by atoms with Gasteiger partial charge < -0.3 is 0 Å². The SMILES string of the molecule is N#CC(CC(=O)c1ccc([N+](=O)[O-])cc1)(c1cccc2ncccc12)C(F)(F)F. The van der Waals surface area contributed by atoms with Gasteiger partial charge >= 0.3 is 6.18 Å². The van der Waals surface area contributed by atoms with Crippen molar-refractivity contribution in [3.63, 3.8) is 0 Å². The Labute approximate surface area is 162 Å². The first-order valence-electron chi connectivity index (χ1n) is 8.29. The number of hydrogen-bond donors (Lipinski definition) is 0. The van der Waals surface area contributed by atoms with Crippen LogP contribution in [0, 0.1) is 21.4 Å². The number of Topliss-reactive ketones (excluding diaryl/α,β-unsaturated/α-hetero) is 1. The van der Waals surface area contributed by atoms with E-state index in [0.717, 1.165) is 30.3 Å². The normalized spacial score (nSPS) is 13.4. The number of nitro groups is 1. The van der Waals surface area contributed by atoms with E-state index in [1.165, 1.54) is 36.5 Å². The van der Waals surface area contributed by atoms with Gasteiger partial charge in [0.05, 0.1) is 16.5 Å². The van der Waals surface area contributed by atoms with E-state index in [2.05, 4.69) is 4.98 Å². The number of carbonyl (C=O) groups is 1. The van der Waals surface area contributed by atoms with Gasteiger partial charge in [-0.1, -0.05) is 18.2 Å². The van der Waals surface area contributed by atoms with Crippen LogP contribution in [-0.4, -0.2) is 21.9 Å². The first kappa shape index (κ1) is 19.9. The topological polar surface area (TPSA) is 96.9 Å². The van der Waals surface area contributed by atoms with E-state index in [-0.39, 0.29) is 27.7 Å². The number of aromatic nitrogens is 1. The highest BCUT2D eigenvalue weighted by atomic mass is 19.4. The number of halogens is 3. The van der Waals surface area contributed by atoms with Crippen molar-refractivity contribution in [3.05, 3.63) is 82.0 Å². The van der Waals surface area contributed by atoms with Crippen molar-refractivity contribution < 1.29 is 22.9 Å². The molecule has 146 valence electrons. The number of rotatable bonds is 5. The van der Waals surface area contributed by atoms with Crippen LogP contribution < -0.4 is 0 Å². The van der Waals surface area contributed by atoms with Crippen molar-refractivity contribution in [1.29, 1.82) is 5.26 Å². The highest BCUT2D eigenvalue weighted by Crippen LogP contribution is 2.46. The molecule has 1 unspecified atom stereocenters. The molecule has 0 N–H and O–H groups in total. The van der Waals surface area contributed by atoms with Crippen LogP contribution in [0.25, 0.3) is 10.9 Å². The number of benzene rings is 2. The lowest BCUT2D eigenvalue weighted by Crippen LogP contribution is -2.43. The largest absolute Gasteiger partial charge is 0.411 e. The van der Waals surface area contributed by atoms with E-state index < -0.39 is 28.7 Å². The molecule has 0 radical (unpaired) electrons. The second-order valence-electron chi connectivity index (χ2n) is 6.29. The molecule has 0 saturated carbocycles. The summed E-state index contributed by atoms with van der Waals surface area (Å²) in [5, 5.41) is 20.4. The minimum atomic E-state index is -5.05. The number of hydrogen-bond acceptors (Lipinski definition) is 5. The molecule has 0 fully saturated rings. The summed E-state index contributed by atoms with van der Waals surface area (Å²) in [7, 11) is 0. The molecule has 6 nitrogen and oxygen atoms in total. The molecule has 1 atom stereocenters. The molecule has 0 aliphatic rings. The van der Waals surface area contributed by atoms with Gasteiger partial charge in [0.25, 0.3) is 5.69 Å². The number of nitriles is 1. The quantitative estimate of drug-likeness (QED) is 0.351. The summed E-state index contributed by atoms with van der Waals surface area (Å²) in [5.74, 6) is -0.959. The van der Waals surface area contributed by atoms with Gasteiger partial charge in [0.1, 0.15) is 0 Å². The molecule has 0 saturated heterocycles. The Hall–Kier alpha value is -3.80. The number of pyridine rings is 1. The molecule has 9 heteroatoms. The Morgan fingerprint density at radius 2 is 1.79 bits per heavy atom. The maximum Gasteiger partial charge on any atom is 0.411 e. The maximum atomic E-state index is 14.2. The lowest BCUT2D eigenvalue weighted by molar-refractivity contribution is -0.384. The lowest BCUT2D eigenvalue weighted by Gasteiger charge is -2.30. The third kappa shape index (κ3) is 3.52. The first-order valence-corrected chi connectivity index (χ1v) is 8.29. The fourth-order valence-corrected chi connectivity index (χ4v) is 3.10. The lowest BCUT2D eigenvalue weighted by atomic mass is 9.74. The number of ketones is 1. The van der Waals surface area contributed by atoms with Gasteiger partial charge in [-0.3, -0.25) is 19.9 Å². The Bertz CT molecular complexity index is 1130. The Kier molecular flexibility index (Phi) is 5.03. The van der Waals surface area contributed by atoms with Gasteiger partial charge in [0.2, 0.25) is 0 Å². The zero-order chi connectivity index (χ0) is 21.2. The Morgan fingerprint density at radius 3 is 2.38 bits per heavy atom. The fraction of sp³-hybridized carbons (Fsp3) is 0.150. The van der Waals surface area contributed by atoms with Crippen molar-refractivity contribution in [2.75, 3.05) is 0 Å². The second-order valence-corrected chi connectivity index (χ2v) is 6.29.